The van der Waals surface area contributed by atoms with Gasteiger partial charge in [-0.05, 0) is 165 Å². The van der Waals surface area contributed by atoms with Crippen LogP contribution in [0.1, 0.15) is 129 Å². The first kappa shape index (κ1) is 54.7. The van der Waals surface area contributed by atoms with E-state index in [0.717, 1.165) is 85.7 Å². The van der Waals surface area contributed by atoms with Crippen molar-refractivity contribution in [2.75, 3.05) is 118 Å². The molecule has 0 N–H and O–H groups in total. The lowest BCUT2D eigenvalue weighted by Gasteiger charge is -2.35. The average molecular weight is 905 g/mol. The topological polar surface area (TPSA) is 18.5 Å². The minimum atomic E-state index is 0.713. The molecule has 4 aromatic carbocycles. The molecule has 0 spiro atoms. The summed E-state index contributed by atoms with van der Waals surface area (Å²) in [4.78, 5) is 0. The van der Waals surface area contributed by atoms with E-state index in [4.69, 9.17) is 9.47 Å². The molecule has 0 atom stereocenters. The highest BCUT2D eigenvalue weighted by Crippen LogP contribution is 2.38. The predicted octanol–water partition coefficient (Wildman–Crippen LogP) is 12.8. The van der Waals surface area contributed by atoms with Crippen molar-refractivity contribution >= 4 is 11.1 Å². The van der Waals surface area contributed by atoms with Crippen LogP contribution in [0.4, 0.5) is 0 Å². The van der Waals surface area contributed by atoms with Crippen LogP contribution < -0.4 is 9.47 Å². The van der Waals surface area contributed by atoms with E-state index >= 15 is 0 Å². The molecule has 0 aliphatic rings. The van der Waals surface area contributed by atoms with Crippen molar-refractivity contribution in [1.82, 2.24) is 0 Å². The third-order valence-corrected chi connectivity index (χ3v) is 16.9. The molecular formula is C60H96N4O2+4. The van der Waals surface area contributed by atoms with Crippen LogP contribution in [-0.2, 0) is 12.8 Å². The number of benzene rings is 4. The van der Waals surface area contributed by atoms with Crippen LogP contribution in [0.2, 0.25) is 0 Å². The maximum absolute atomic E-state index is 6.46. The summed E-state index contributed by atoms with van der Waals surface area (Å²) in [6, 6.07) is 36.9. The smallest absolute Gasteiger partial charge is 0.137 e. The zero-order valence-electron chi connectivity index (χ0n) is 44.4. The van der Waals surface area contributed by atoms with Crippen molar-refractivity contribution in [3.05, 3.63) is 130 Å². The van der Waals surface area contributed by atoms with Gasteiger partial charge in [-0.1, -0.05) is 72.8 Å². The maximum Gasteiger partial charge on any atom is 0.137 e. The molecule has 4 aromatic rings. The van der Waals surface area contributed by atoms with Crippen LogP contribution >= 0.6 is 0 Å². The van der Waals surface area contributed by atoms with Crippen LogP contribution in [0.5, 0.6) is 11.5 Å². The Morgan fingerprint density at radius 3 is 0.773 bits per heavy atom. The van der Waals surface area contributed by atoms with Gasteiger partial charge in [0.2, 0.25) is 0 Å². The number of ether oxygens (including phenoxy) is 2. The second-order valence-corrected chi connectivity index (χ2v) is 19.2. The molecule has 6 nitrogen and oxygen atoms in total. The lowest BCUT2D eigenvalue weighted by molar-refractivity contribution is -0.923. The van der Waals surface area contributed by atoms with Gasteiger partial charge >= 0.3 is 0 Å². The highest BCUT2D eigenvalue weighted by molar-refractivity contribution is 6.04. The normalized spacial score (nSPS) is 12.9. The maximum atomic E-state index is 6.46. The van der Waals surface area contributed by atoms with E-state index in [1.807, 2.05) is 0 Å². The minimum absolute atomic E-state index is 0.713. The van der Waals surface area contributed by atoms with Gasteiger partial charge < -0.3 is 27.4 Å². The van der Waals surface area contributed by atoms with E-state index in [1.54, 1.807) is 0 Å². The number of rotatable bonds is 32. The molecule has 0 fully saturated rings. The van der Waals surface area contributed by atoms with Crippen LogP contribution in [0, 0.1) is 0 Å². The standard InChI is InChI=1S/C60H96N4O2/c1-13-61(14-2,15-3)45-25-27-51-29-33-53(34-30-51)59(55-37-41-57(42-38-55)65-49-47-63(19-7,20-8)21-9)60(54-35-31-52(32-36-54)28-26-46-62(16-4,17-5)18-6)56-39-43-58(44-40-56)66-50-48-64(22-10,23-11)24-12/h29-44H,13-28,45-50H2,1-12H3/q+4/b60-59+. The molecule has 0 radical (unpaired) electrons. The largest absolute Gasteiger partial charge is 0.488 e. The Hall–Kier alpha value is -3.94. The van der Waals surface area contributed by atoms with Gasteiger partial charge in [0, 0.05) is 12.8 Å². The zero-order chi connectivity index (χ0) is 48.1. The SMILES string of the molecule is CC[N+](CC)(CC)CCCc1ccc(/C(=C(/c2ccc(CCC[N+](CC)(CC)CC)cc2)c2ccc(OCC[N+](CC)(CC)CC)cc2)c2ccc(OCC[N+](CC)(CC)CC)cc2)cc1. The third-order valence-electron chi connectivity index (χ3n) is 16.9. The van der Waals surface area contributed by atoms with Crippen molar-refractivity contribution in [2.45, 2.75) is 109 Å². The van der Waals surface area contributed by atoms with Crippen molar-refractivity contribution in [3.63, 3.8) is 0 Å². The highest BCUT2D eigenvalue weighted by atomic mass is 16.5. The second kappa shape index (κ2) is 27.2. The van der Waals surface area contributed by atoms with E-state index in [0.29, 0.717) is 13.2 Å². The van der Waals surface area contributed by atoms with Gasteiger partial charge in [-0.2, -0.15) is 0 Å². The molecule has 66 heavy (non-hydrogen) atoms. The Balaban J connectivity index is 1.81. The summed E-state index contributed by atoms with van der Waals surface area (Å²) in [6.07, 6.45) is 4.59. The number of quaternary nitrogens is 4. The third kappa shape index (κ3) is 14.5. The van der Waals surface area contributed by atoms with Gasteiger partial charge in [0.1, 0.15) is 37.8 Å². The summed E-state index contributed by atoms with van der Waals surface area (Å²) >= 11 is 0. The number of aryl methyl sites for hydroxylation is 2. The first-order valence-electron chi connectivity index (χ1n) is 26.8. The van der Waals surface area contributed by atoms with E-state index < -0.39 is 0 Å². The van der Waals surface area contributed by atoms with Crippen molar-refractivity contribution in [1.29, 1.82) is 0 Å². The fraction of sp³-hybridized carbons (Fsp3) is 0.567. The van der Waals surface area contributed by atoms with Crippen LogP contribution in [0.25, 0.3) is 11.1 Å². The predicted molar refractivity (Wildman–Crippen MR) is 285 cm³/mol. The molecule has 6 heteroatoms. The fourth-order valence-electron chi connectivity index (χ4n) is 10.6. The molecule has 0 bridgehead atoms. The van der Waals surface area contributed by atoms with E-state index in [-0.39, 0.29) is 0 Å². The van der Waals surface area contributed by atoms with Gasteiger partial charge in [0.15, 0.2) is 0 Å². The van der Waals surface area contributed by atoms with Crippen molar-refractivity contribution in [3.8, 4) is 11.5 Å². The molecule has 0 saturated carbocycles. The molecule has 0 saturated heterocycles. The lowest BCUT2D eigenvalue weighted by Crippen LogP contribution is -2.49. The molecular weight excluding hydrogens is 809 g/mol. The Labute approximate surface area is 405 Å². The summed E-state index contributed by atoms with van der Waals surface area (Å²) in [5.41, 5.74) is 10.1. The Bertz CT molecular complexity index is 1650. The molecule has 0 heterocycles. The first-order chi connectivity index (χ1) is 32.0. The van der Waals surface area contributed by atoms with Crippen LogP contribution in [0.15, 0.2) is 97.1 Å². The second-order valence-electron chi connectivity index (χ2n) is 19.2. The first-order valence-corrected chi connectivity index (χ1v) is 26.8. The molecule has 0 amide bonds. The quantitative estimate of drug-likeness (QED) is 0.0359. The van der Waals surface area contributed by atoms with Gasteiger partial charge in [-0.3, -0.25) is 0 Å². The van der Waals surface area contributed by atoms with Gasteiger partial charge in [-0.15, -0.1) is 0 Å². The monoisotopic (exact) mass is 905 g/mol. The molecule has 0 aliphatic carbocycles. The number of nitrogens with zero attached hydrogens (tertiary/aromatic N) is 4. The highest BCUT2D eigenvalue weighted by Gasteiger charge is 2.24. The number of hydrogen-bond donors (Lipinski definition) is 0. The summed E-state index contributed by atoms with van der Waals surface area (Å²) in [5, 5.41) is 0. The van der Waals surface area contributed by atoms with Gasteiger partial charge in [-0.25, -0.2) is 0 Å². The van der Waals surface area contributed by atoms with Gasteiger partial charge in [0.25, 0.3) is 0 Å². The van der Waals surface area contributed by atoms with Crippen molar-refractivity contribution < 1.29 is 27.4 Å². The number of hydrogen-bond acceptors (Lipinski definition) is 2. The molecule has 4 rings (SSSR count). The zero-order valence-corrected chi connectivity index (χ0v) is 44.4. The summed E-state index contributed by atoms with van der Waals surface area (Å²) in [5.74, 6) is 1.85. The summed E-state index contributed by atoms with van der Waals surface area (Å²) in [6.45, 7) is 47.8. The minimum Gasteiger partial charge on any atom is -0.488 e. The number of likely N-dealkylation sites (N-methyl/N-ethyl adjacent to an activating group) is 2. The summed E-state index contributed by atoms with van der Waals surface area (Å²) < 4.78 is 17.5. The van der Waals surface area contributed by atoms with Crippen LogP contribution in [-0.4, -0.2) is 136 Å². The van der Waals surface area contributed by atoms with Crippen molar-refractivity contribution in [2.24, 2.45) is 0 Å². The lowest BCUT2D eigenvalue weighted by atomic mass is 9.85. The van der Waals surface area contributed by atoms with Gasteiger partial charge in [0.05, 0.1) is 91.6 Å². The van der Waals surface area contributed by atoms with E-state index in [2.05, 4.69) is 180 Å². The molecule has 0 unspecified atom stereocenters. The Morgan fingerprint density at radius 2 is 0.530 bits per heavy atom. The molecule has 364 valence electrons. The molecule has 0 aromatic heterocycles. The van der Waals surface area contributed by atoms with E-state index in [1.165, 1.54) is 119 Å². The Kier molecular flexibility index (Phi) is 22.5. The average Bonchev–Trinajstić information content (AvgIpc) is 3.38. The molecule has 0 aliphatic heterocycles. The Morgan fingerprint density at radius 1 is 0.303 bits per heavy atom. The summed E-state index contributed by atoms with van der Waals surface area (Å²) in [7, 11) is 0. The van der Waals surface area contributed by atoms with Crippen LogP contribution in [0.3, 0.4) is 0 Å². The van der Waals surface area contributed by atoms with E-state index in [9.17, 15) is 0 Å². The fourth-order valence-corrected chi connectivity index (χ4v) is 10.6.